The molecule has 0 radical (unpaired) electrons. The quantitative estimate of drug-likeness (QED) is 0.886. The van der Waals surface area contributed by atoms with Gasteiger partial charge in [-0.05, 0) is 38.0 Å². The van der Waals surface area contributed by atoms with Crippen molar-refractivity contribution in [2.45, 2.75) is 44.1 Å². The van der Waals surface area contributed by atoms with Crippen LogP contribution in [0.4, 0.5) is 11.6 Å². The smallest absolute Gasteiger partial charge is 0.136 e. The van der Waals surface area contributed by atoms with Gasteiger partial charge < -0.3 is 10.2 Å². The Bertz CT molecular complexity index is 469. The molecule has 1 aromatic heterocycles. The summed E-state index contributed by atoms with van der Waals surface area (Å²) in [6.07, 6.45) is 6.66. The number of aromatic nitrogens is 2. The van der Waals surface area contributed by atoms with Crippen molar-refractivity contribution in [3.63, 3.8) is 0 Å². The Morgan fingerprint density at radius 2 is 2.11 bits per heavy atom. The monoisotopic (exact) mass is 244 g/mol. The highest BCUT2D eigenvalue weighted by molar-refractivity contribution is 5.51. The average molecular weight is 244 g/mol. The third kappa shape index (κ3) is 1.66. The molecule has 0 amide bonds. The Morgan fingerprint density at radius 1 is 1.22 bits per heavy atom. The lowest BCUT2D eigenvalue weighted by Gasteiger charge is -2.28. The first kappa shape index (κ1) is 10.6. The summed E-state index contributed by atoms with van der Waals surface area (Å²) in [6.45, 7) is 1.20. The van der Waals surface area contributed by atoms with Crippen LogP contribution < -0.4 is 10.2 Å². The molecule has 96 valence electrons. The Balaban J connectivity index is 1.68. The van der Waals surface area contributed by atoms with E-state index in [1.54, 1.807) is 0 Å². The summed E-state index contributed by atoms with van der Waals surface area (Å²) in [5, 5.41) is 3.18. The molecule has 2 heterocycles. The molecule has 18 heavy (non-hydrogen) atoms. The van der Waals surface area contributed by atoms with Crippen molar-refractivity contribution < 1.29 is 0 Å². The molecule has 1 saturated heterocycles. The van der Waals surface area contributed by atoms with Crippen molar-refractivity contribution in [1.82, 2.24) is 9.97 Å². The Morgan fingerprint density at radius 3 is 2.72 bits per heavy atom. The van der Waals surface area contributed by atoms with Crippen LogP contribution in [0.15, 0.2) is 6.07 Å². The fraction of sp³-hybridized carbons (Fsp3) is 0.714. The molecule has 2 atom stereocenters. The number of hydrogen-bond donors (Lipinski definition) is 1. The summed E-state index contributed by atoms with van der Waals surface area (Å²) in [5.41, 5.74) is 0. The predicted octanol–water partition coefficient (Wildman–Crippen LogP) is 2.38. The Labute approximate surface area is 108 Å². The maximum atomic E-state index is 4.82. The van der Waals surface area contributed by atoms with Crippen molar-refractivity contribution in [1.29, 1.82) is 0 Å². The van der Waals surface area contributed by atoms with Crippen molar-refractivity contribution >= 4 is 11.6 Å². The number of hydrogen-bond acceptors (Lipinski definition) is 4. The van der Waals surface area contributed by atoms with Crippen LogP contribution in [-0.2, 0) is 0 Å². The first-order chi connectivity index (χ1) is 8.83. The molecular weight excluding hydrogens is 224 g/mol. The molecule has 2 aliphatic carbocycles. The average Bonchev–Trinajstić information content (AvgIpc) is 3.06. The molecule has 0 spiro atoms. The first-order valence-corrected chi connectivity index (χ1v) is 7.17. The lowest BCUT2D eigenvalue weighted by Crippen LogP contribution is -2.32. The van der Waals surface area contributed by atoms with Crippen LogP contribution in [0, 0.1) is 5.92 Å². The van der Waals surface area contributed by atoms with Gasteiger partial charge in [-0.15, -0.1) is 0 Å². The van der Waals surface area contributed by atoms with E-state index in [-0.39, 0.29) is 0 Å². The van der Waals surface area contributed by atoms with Crippen molar-refractivity contribution in [3.8, 4) is 0 Å². The van der Waals surface area contributed by atoms with Gasteiger partial charge in [0.05, 0.1) is 0 Å². The minimum Gasteiger partial charge on any atom is -0.373 e. The lowest BCUT2D eigenvalue weighted by molar-refractivity contribution is 0.549. The van der Waals surface area contributed by atoms with Gasteiger partial charge in [-0.3, -0.25) is 0 Å². The highest BCUT2D eigenvalue weighted by Crippen LogP contribution is 2.42. The van der Waals surface area contributed by atoms with Crippen molar-refractivity contribution in [2.75, 3.05) is 23.8 Å². The van der Waals surface area contributed by atoms with Crippen LogP contribution >= 0.6 is 0 Å². The van der Waals surface area contributed by atoms with Gasteiger partial charge >= 0.3 is 0 Å². The van der Waals surface area contributed by atoms with Crippen LogP contribution in [-0.4, -0.2) is 29.6 Å². The van der Waals surface area contributed by atoms with E-state index in [1.165, 1.54) is 38.6 Å². The molecule has 2 bridgehead atoms. The molecule has 1 N–H and O–H groups in total. The summed E-state index contributed by atoms with van der Waals surface area (Å²) < 4.78 is 0. The molecule has 1 aromatic rings. The van der Waals surface area contributed by atoms with Gasteiger partial charge in [-0.25, -0.2) is 9.97 Å². The number of piperidine rings is 1. The summed E-state index contributed by atoms with van der Waals surface area (Å²) in [4.78, 5) is 11.9. The van der Waals surface area contributed by atoms with Gasteiger partial charge in [0, 0.05) is 31.6 Å². The van der Waals surface area contributed by atoms with Crippen molar-refractivity contribution in [2.24, 2.45) is 5.92 Å². The van der Waals surface area contributed by atoms with Crippen LogP contribution in [0.5, 0.6) is 0 Å². The molecule has 4 heteroatoms. The first-order valence-electron chi connectivity index (χ1n) is 7.17. The van der Waals surface area contributed by atoms with Crippen LogP contribution in [0.3, 0.4) is 0 Å². The topological polar surface area (TPSA) is 41.0 Å². The molecule has 0 aromatic carbocycles. The molecule has 3 aliphatic rings. The van der Waals surface area contributed by atoms with Gasteiger partial charge in [0.15, 0.2) is 0 Å². The fourth-order valence-corrected chi connectivity index (χ4v) is 3.46. The van der Waals surface area contributed by atoms with Crippen LogP contribution in [0.1, 0.15) is 43.8 Å². The van der Waals surface area contributed by atoms with Crippen molar-refractivity contribution in [3.05, 3.63) is 11.9 Å². The molecule has 1 aliphatic heterocycles. The normalized spacial score (nSPS) is 29.9. The van der Waals surface area contributed by atoms with E-state index >= 15 is 0 Å². The number of fused-ring (bicyclic) bond motifs is 2. The number of nitrogens with zero attached hydrogens (tertiary/aromatic N) is 3. The van der Waals surface area contributed by atoms with E-state index in [2.05, 4.69) is 21.3 Å². The van der Waals surface area contributed by atoms with E-state index in [9.17, 15) is 0 Å². The Kier molecular flexibility index (Phi) is 2.26. The predicted molar refractivity (Wildman–Crippen MR) is 72.0 cm³/mol. The second-order valence-corrected chi connectivity index (χ2v) is 5.98. The molecule has 2 unspecified atom stereocenters. The van der Waals surface area contributed by atoms with Gasteiger partial charge in [0.25, 0.3) is 0 Å². The van der Waals surface area contributed by atoms with Crippen LogP contribution in [0.25, 0.3) is 0 Å². The summed E-state index contributed by atoms with van der Waals surface area (Å²) in [6, 6.07) is 2.86. The highest BCUT2D eigenvalue weighted by Gasteiger charge is 2.39. The maximum absolute atomic E-state index is 4.82. The van der Waals surface area contributed by atoms with Gasteiger partial charge in [-0.1, -0.05) is 0 Å². The van der Waals surface area contributed by atoms with Gasteiger partial charge in [-0.2, -0.15) is 0 Å². The standard InChI is InChI=1S/C14H20N4/c1-15-12-7-13(17-14(16-12)10-3-4-10)18-8-9-2-5-11(18)6-9/h7,9-11H,2-6,8H2,1H3,(H,15,16,17). The zero-order valence-corrected chi connectivity index (χ0v) is 10.9. The number of nitrogens with one attached hydrogen (secondary N) is 1. The molecule has 2 saturated carbocycles. The number of rotatable bonds is 3. The van der Waals surface area contributed by atoms with E-state index in [4.69, 9.17) is 4.98 Å². The van der Waals surface area contributed by atoms with E-state index in [0.717, 1.165) is 29.4 Å². The molecule has 4 rings (SSSR count). The molecular formula is C14H20N4. The van der Waals surface area contributed by atoms with Gasteiger partial charge in [0.2, 0.25) is 0 Å². The van der Waals surface area contributed by atoms with E-state index in [0.29, 0.717) is 5.92 Å². The van der Waals surface area contributed by atoms with Crippen LogP contribution in [0.2, 0.25) is 0 Å². The maximum Gasteiger partial charge on any atom is 0.136 e. The highest BCUT2D eigenvalue weighted by atomic mass is 15.3. The third-order valence-electron chi connectivity index (χ3n) is 4.63. The summed E-state index contributed by atoms with van der Waals surface area (Å²) >= 11 is 0. The summed E-state index contributed by atoms with van der Waals surface area (Å²) in [5.74, 6) is 4.72. The Hall–Kier alpha value is -1.32. The fourth-order valence-electron chi connectivity index (χ4n) is 3.46. The molecule has 4 nitrogen and oxygen atoms in total. The SMILES string of the molecule is CNc1cc(N2CC3CCC2C3)nc(C2CC2)n1. The second kappa shape index (κ2) is 3.84. The zero-order chi connectivity index (χ0) is 12.1. The van der Waals surface area contributed by atoms with E-state index in [1.807, 2.05) is 7.05 Å². The lowest BCUT2D eigenvalue weighted by atomic mass is 10.1. The summed E-state index contributed by atoms with van der Waals surface area (Å²) in [7, 11) is 1.94. The van der Waals surface area contributed by atoms with Gasteiger partial charge in [0.1, 0.15) is 17.5 Å². The minimum absolute atomic E-state index is 0.622. The second-order valence-electron chi connectivity index (χ2n) is 5.98. The zero-order valence-electron chi connectivity index (χ0n) is 10.9. The number of anilines is 2. The molecule has 3 fully saturated rings. The third-order valence-corrected chi connectivity index (χ3v) is 4.63. The van der Waals surface area contributed by atoms with E-state index < -0.39 is 0 Å². The largest absolute Gasteiger partial charge is 0.373 e. The minimum atomic E-state index is 0.622.